The maximum absolute atomic E-state index is 11.6. The van der Waals surface area contributed by atoms with Crippen LogP contribution in [-0.4, -0.2) is 49.1 Å². The molecule has 1 aliphatic rings. The minimum absolute atomic E-state index is 0.201. The van der Waals surface area contributed by atoms with Gasteiger partial charge in [0.2, 0.25) is 5.91 Å². The van der Waals surface area contributed by atoms with Crippen LogP contribution in [0.2, 0.25) is 0 Å². The number of hydrogen-bond acceptors (Lipinski definition) is 4. The summed E-state index contributed by atoms with van der Waals surface area (Å²) < 4.78 is 4.71. The van der Waals surface area contributed by atoms with Crippen LogP contribution in [0.25, 0.3) is 0 Å². The number of nitrogens with zero attached hydrogens (tertiary/aromatic N) is 1. The molecule has 2 atom stereocenters. The van der Waals surface area contributed by atoms with Crippen molar-refractivity contribution in [2.24, 2.45) is 0 Å². The van der Waals surface area contributed by atoms with Crippen LogP contribution >= 0.6 is 0 Å². The predicted octanol–water partition coefficient (Wildman–Crippen LogP) is 0.539. The van der Waals surface area contributed by atoms with Gasteiger partial charge in [0.25, 0.3) is 0 Å². The largest absolute Gasteiger partial charge is 0.467 e. The molecule has 0 saturated carbocycles. The molecule has 0 aromatic rings. The summed E-state index contributed by atoms with van der Waals surface area (Å²) in [5.41, 5.74) is 0. The van der Waals surface area contributed by atoms with E-state index in [1.165, 1.54) is 20.5 Å². The maximum Gasteiger partial charge on any atom is 0.329 e. The molecule has 1 N–H and O–H groups in total. The van der Waals surface area contributed by atoms with E-state index >= 15 is 0 Å². The average molecular weight is 242 g/mol. The lowest BCUT2D eigenvalue weighted by atomic mass is 10.1. The monoisotopic (exact) mass is 242 g/mol. The highest BCUT2D eigenvalue weighted by molar-refractivity contribution is 5.83. The number of likely N-dealkylation sites (tertiary alicyclic amines) is 1. The number of ether oxygens (including phenoxy) is 1. The molecule has 2 unspecified atom stereocenters. The van der Waals surface area contributed by atoms with E-state index in [4.69, 9.17) is 4.74 Å². The normalized spacial score (nSPS) is 22.2. The van der Waals surface area contributed by atoms with Crippen molar-refractivity contribution in [3.63, 3.8) is 0 Å². The zero-order valence-electron chi connectivity index (χ0n) is 10.9. The summed E-state index contributed by atoms with van der Waals surface area (Å²) in [6.07, 6.45) is 3.41. The Bertz CT molecular complexity index is 281. The van der Waals surface area contributed by atoms with Gasteiger partial charge in [0, 0.05) is 19.5 Å². The van der Waals surface area contributed by atoms with Crippen LogP contribution in [0, 0.1) is 0 Å². The Kier molecular flexibility index (Phi) is 5.41. The van der Waals surface area contributed by atoms with Gasteiger partial charge in [-0.05, 0) is 25.8 Å². The number of rotatable bonds is 5. The lowest BCUT2D eigenvalue weighted by Crippen LogP contribution is -2.49. The lowest BCUT2D eigenvalue weighted by Gasteiger charge is -2.27. The summed E-state index contributed by atoms with van der Waals surface area (Å²) in [5.74, 6) is -0.574. The van der Waals surface area contributed by atoms with E-state index in [0.29, 0.717) is 12.6 Å². The van der Waals surface area contributed by atoms with Gasteiger partial charge < -0.3 is 10.1 Å². The van der Waals surface area contributed by atoms with Gasteiger partial charge in [-0.25, -0.2) is 4.79 Å². The van der Waals surface area contributed by atoms with E-state index in [0.717, 1.165) is 19.4 Å². The molecule has 5 nitrogen and oxygen atoms in total. The van der Waals surface area contributed by atoms with Crippen molar-refractivity contribution in [3.05, 3.63) is 0 Å². The zero-order valence-corrected chi connectivity index (χ0v) is 10.9. The van der Waals surface area contributed by atoms with Gasteiger partial charge in [-0.1, -0.05) is 6.92 Å². The molecular weight excluding hydrogens is 220 g/mol. The van der Waals surface area contributed by atoms with Crippen molar-refractivity contribution in [2.45, 2.75) is 45.2 Å². The highest BCUT2D eigenvalue weighted by Crippen LogP contribution is 2.19. The smallest absolute Gasteiger partial charge is 0.329 e. The number of methoxy groups -OCH3 is 1. The molecule has 1 amide bonds. The number of esters is 1. The Morgan fingerprint density at radius 3 is 2.76 bits per heavy atom. The zero-order chi connectivity index (χ0) is 12.8. The van der Waals surface area contributed by atoms with E-state index in [9.17, 15) is 9.59 Å². The first-order valence-electron chi connectivity index (χ1n) is 6.17. The molecule has 0 aliphatic carbocycles. The third-order valence-electron chi connectivity index (χ3n) is 3.25. The minimum Gasteiger partial charge on any atom is -0.467 e. The molecule has 5 heteroatoms. The summed E-state index contributed by atoms with van der Waals surface area (Å²) >= 11 is 0. The van der Waals surface area contributed by atoms with Crippen molar-refractivity contribution in [2.75, 3.05) is 20.2 Å². The average Bonchev–Trinajstić information content (AvgIpc) is 2.73. The highest BCUT2D eigenvalue weighted by Gasteiger charge is 2.29. The van der Waals surface area contributed by atoms with Crippen LogP contribution in [0.15, 0.2) is 0 Å². The first-order chi connectivity index (χ1) is 8.08. The highest BCUT2D eigenvalue weighted by atomic mass is 16.5. The van der Waals surface area contributed by atoms with Crippen molar-refractivity contribution in [1.29, 1.82) is 0 Å². The fourth-order valence-electron chi connectivity index (χ4n) is 2.40. The summed E-state index contributed by atoms with van der Waals surface area (Å²) in [4.78, 5) is 24.9. The predicted molar refractivity (Wildman–Crippen MR) is 64.5 cm³/mol. The maximum atomic E-state index is 11.6. The van der Waals surface area contributed by atoms with Crippen LogP contribution in [0.1, 0.15) is 33.1 Å². The molecule has 1 rings (SSSR count). The number of nitrogens with one attached hydrogen (secondary N) is 1. The Balaban J connectivity index is 2.58. The standard InChI is InChI=1S/C12H22N2O3/c1-4-10-6-5-7-14(10)8-11(12(16)17-3)13-9(2)15/h10-11H,4-8H2,1-3H3,(H,13,15). The second-order valence-electron chi connectivity index (χ2n) is 4.48. The van der Waals surface area contributed by atoms with Crippen LogP contribution in [0.4, 0.5) is 0 Å². The summed E-state index contributed by atoms with van der Waals surface area (Å²) in [6, 6.07) is -0.0273. The van der Waals surface area contributed by atoms with Crippen molar-refractivity contribution in [1.82, 2.24) is 10.2 Å². The first-order valence-corrected chi connectivity index (χ1v) is 6.17. The molecule has 1 aliphatic heterocycles. The van der Waals surface area contributed by atoms with Crippen molar-refractivity contribution in [3.8, 4) is 0 Å². The van der Waals surface area contributed by atoms with Gasteiger partial charge in [-0.2, -0.15) is 0 Å². The Hall–Kier alpha value is -1.10. The topological polar surface area (TPSA) is 58.6 Å². The second kappa shape index (κ2) is 6.59. The first kappa shape index (κ1) is 14.0. The van der Waals surface area contributed by atoms with Crippen LogP contribution < -0.4 is 5.32 Å². The molecule has 0 spiro atoms. The molecule has 0 aromatic carbocycles. The third-order valence-corrected chi connectivity index (χ3v) is 3.25. The van der Waals surface area contributed by atoms with Gasteiger partial charge in [0.05, 0.1) is 7.11 Å². The van der Waals surface area contributed by atoms with E-state index in [1.807, 2.05) is 0 Å². The number of hydrogen-bond donors (Lipinski definition) is 1. The molecule has 1 heterocycles. The minimum atomic E-state index is -0.551. The summed E-state index contributed by atoms with van der Waals surface area (Å²) in [5, 5.41) is 2.65. The molecule has 98 valence electrons. The van der Waals surface area contributed by atoms with Gasteiger partial charge in [0.1, 0.15) is 6.04 Å². The molecule has 17 heavy (non-hydrogen) atoms. The van der Waals surface area contributed by atoms with E-state index < -0.39 is 6.04 Å². The van der Waals surface area contributed by atoms with Crippen molar-refractivity contribution < 1.29 is 14.3 Å². The summed E-state index contributed by atoms with van der Waals surface area (Å²) in [7, 11) is 1.35. The van der Waals surface area contributed by atoms with E-state index in [2.05, 4.69) is 17.1 Å². The Labute approximate surface area is 102 Å². The van der Waals surface area contributed by atoms with Crippen LogP contribution in [-0.2, 0) is 14.3 Å². The Morgan fingerprint density at radius 1 is 1.53 bits per heavy atom. The SMILES string of the molecule is CCC1CCCN1CC(NC(C)=O)C(=O)OC. The number of amides is 1. The summed E-state index contributed by atoms with van der Waals surface area (Å²) in [6.45, 7) is 5.10. The fraction of sp³-hybridized carbons (Fsp3) is 0.833. The van der Waals surface area contributed by atoms with Crippen LogP contribution in [0.3, 0.4) is 0 Å². The number of carbonyl (C=O) groups is 2. The van der Waals surface area contributed by atoms with Gasteiger partial charge in [-0.15, -0.1) is 0 Å². The quantitative estimate of drug-likeness (QED) is 0.715. The molecule has 1 fully saturated rings. The van der Waals surface area contributed by atoms with Crippen LogP contribution in [0.5, 0.6) is 0 Å². The lowest BCUT2D eigenvalue weighted by molar-refractivity contribution is -0.145. The molecular formula is C12H22N2O3. The van der Waals surface area contributed by atoms with Gasteiger partial charge in [-0.3, -0.25) is 9.69 Å². The molecule has 1 saturated heterocycles. The fourth-order valence-corrected chi connectivity index (χ4v) is 2.40. The second-order valence-corrected chi connectivity index (χ2v) is 4.48. The Morgan fingerprint density at radius 2 is 2.24 bits per heavy atom. The third kappa shape index (κ3) is 4.00. The van der Waals surface area contributed by atoms with Crippen molar-refractivity contribution >= 4 is 11.9 Å². The van der Waals surface area contributed by atoms with E-state index in [1.54, 1.807) is 0 Å². The van der Waals surface area contributed by atoms with Gasteiger partial charge >= 0.3 is 5.97 Å². The molecule has 0 radical (unpaired) electrons. The van der Waals surface area contributed by atoms with E-state index in [-0.39, 0.29) is 11.9 Å². The molecule has 0 bridgehead atoms. The van der Waals surface area contributed by atoms with Gasteiger partial charge in [0.15, 0.2) is 0 Å². The number of carbonyl (C=O) groups excluding carboxylic acids is 2. The molecule has 0 aromatic heterocycles.